The highest BCUT2D eigenvalue weighted by molar-refractivity contribution is 5.33. The van der Waals surface area contributed by atoms with E-state index in [1.165, 1.54) is 18.4 Å². The van der Waals surface area contributed by atoms with Gasteiger partial charge >= 0.3 is 0 Å². The van der Waals surface area contributed by atoms with Gasteiger partial charge in [-0.2, -0.15) is 0 Å². The van der Waals surface area contributed by atoms with Crippen molar-refractivity contribution in [1.82, 2.24) is 5.32 Å². The first kappa shape index (κ1) is 13.4. The molecular formula is C15H23NO2. The third kappa shape index (κ3) is 4.00. The zero-order valence-corrected chi connectivity index (χ0v) is 11.2. The average Bonchev–Trinajstić information content (AvgIpc) is 2.45. The molecule has 1 saturated heterocycles. The van der Waals surface area contributed by atoms with Crippen LogP contribution in [0.25, 0.3) is 0 Å². The smallest absolute Gasteiger partial charge is 0.122 e. The maximum Gasteiger partial charge on any atom is 0.122 e. The molecule has 1 N–H and O–H groups in total. The Morgan fingerprint density at radius 2 is 2.06 bits per heavy atom. The van der Waals surface area contributed by atoms with E-state index in [4.69, 9.17) is 9.47 Å². The van der Waals surface area contributed by atoms with E-state index in [0.717, 1.165) is 44.4 Å². The summed E-state index contributed by atoms with van der Waals surface area (Å²) in [5.41, 5.74) is 1.28. The van der Waals surface area contributed by atoms with Gasteiger partial charge < -0.3 is 14.8 Å². The predicted molar refractivity (Wildman–Crippen MR) is 73.1 cm³/mol. The lowest BCUT2D eigenvalue weighted by atomic mass is 10.0. The number of benzene rings is 1. The van der Waals surface area contributed by atoms with Crippen LogP contribution >= 0.6 is 0 Å². The highest BCUT2D eigenvalue weighted by Crippen LogP contribution is 2.17. The summed E-state index contributed by atoms with van der Waals surface area (Å²) in [7, 11) is 1.73. The van der Waals surface area contributed by atoms with Crippen molar-refractivity contribution in [3.63, 3.8) is 0 Å². The third-order valence-electron chi connectivity index (χ3n) is 3.54. The molecule has 0 saturated carbocycles. The summed E-state index contributed by atoms with van der Waals surface area (Å²) < 4.78 is 10.7. The van der Waals surface area contributed by atoms with Crippen molar-refractivity contribution < 1.29 is 9.47 Å². The molecule has 0 radical (unpaired) electrons. The van der Waals surface area contributed by atoms with Gasteiger partial charge in [0.2, 0.25) is 0 Å². The standard InChI is InChI=1S/C15H23NO2/c1-17-15-5-3-2-4-14(15)6-9-16-12-13-7-10-18-11-8-13/h2-5,13,16H,6-12H2,1H3. The molecule has 3 heteroatoms. The minimum absolute atomic E-state index is 0.788. The fourth-order valence-electron chi connectivity index (χ4n) is 2.39. The Kier molecular flexibility index (Phi) is 5.49. The van der Waals surface area contributed by atoms with E-state index in [0.29, 0.717) is 0 Å². The Labute approximate surface area is 109 Å². The Hall–Kier alpha value is -1.06. The number of nitrogens with one attached hydrogen (secondary N) is 1. The highest BCUT2D eigenvalue weighted by Gasteiger charge is 2.12. The molecule has 100 valence electrons. The summed E-state index contributed by atoms with van der Waals surface area (Å²) in [4.78, 5) is 0. The molecule has 1 aromatic rings. The minimum atomic E-state index is 0.788. The quantitative estimate of drug-likeness (QED) is 0.784. The van der Waals surface area contributed by atoms with E-state index >= 15 is 0 Å². The van der Waals surface area contributed by atoms with E-state index < -0.39 is 0 Å². The van der Waals surface area contributed by atoms with Crippen molar-refractivity contribution in [2.75, 3.05) is 33.4 Å². The number of rotatable bonds is 6. The van der Waals surface area contributed by atoms with Gasteiger partial charge in [0.05, 0.1) is 7.11 Å². The van der Waals surface area contributed by atoms with Crippen molar-refractivity contribution in [2.24, 2.45) is 5.92 Å². The molecule has 3 nitrogen and oxygen atoms in total. The lowest BCUT2D eigenvalue weighted by Gasteiger charge is -2.22. The fraction of sp³-hybridized carbons (Fsp3) is 0.600. The Morgan fingerprint density at radius 1 is 1.28 bits per heavy atom. The van der Waals surface area contributed by atoms with Crippen molar-refractivity contribution in [1.29, 1.82) is 0 Å². The van der Waals surface area contributed by atoms with E-state index in [1.807, 2.05) is 12.1 Å². The number of ether oxygens (including phenoxy) is 2. The second-order valence-electron chi connectivity index (χ2n) is 4.82. The SMILES string of the molecule is COc1ccccc1CCNCC1CCOCC1. The second kappa shape index (κ2) is 7.39. The summed E-state index contributed by atoms with van der Waals surface area (Å²) in [6, 6.07) is 8.23. The van der Waals surface area contributed by atoms with Crippen molar-refractivity contribution >= 4 is 0 Å². The van der Waals surface area contributed by atoms with Gasteiger partial charge in [0.25, 0.3) is 0 Å². The second-order valence-corrected chi connectivity index (χ2v) is 4.82. The fourth-order valence-corrected chi connectivity index (χ4v) is 2.39. The molecule has 18 heavy (non-hydrogen) atoms. The first-order valence-electron chi connectivity index (χ1n) is 6.80. The van der Waals surface area contributed by atoms with E-state index in [9.17, 15) is 0 Å². The monoisotopic (exact) mass is 249 g/mol. The van der Waals surface area contributed by atoms with Gasteiger partial charge in [-0.15, -0.1) is 0 Å². The van der Waals surface area contributed by atoms with Crippen molar-refractivity contribution in [3.05, 3.63) is 29.8 Å². The molecule has 0 aliphatic carbocycles. The first-order valence-corrected chi connectivity index (χ1v) is 6.80. The summed E-state index contributed by atoms with van der Waals surface area (Å²) in [5.74, 6) is 1.78. The number of hydrogen-bond acceptors (Lipinski definition) is 3. The van der Waals surface area contributed by atoms with E-state index in [2.05, 4.69) is 17.4 Å². The summed E-state index contributed by atoms with van der Waals surface area (Å²) in [6.07, 6.45) is 3.41. The summed E-state index contributed by atoms with van der Waals surface area (Å²) >= 11 is 0. The largest absolute Gasteiger partial charge is 0.496 e. The molecule has 1 aliphatic rings. The lowest BCUT2D eigenvalue weighted by molar-refractivity contribution is 0.0664. The van der Waals surface area contributed by atoms with Crippen molar-refractivity contribution in [2.45, 2.75) is 19.3 Å². The summed E-state index contributed by atoms with van der Waals surface area (Å²) in [6.45, 7) is 3.98. The van der Waals surface area contributed by atoms with Gasteiger partial charge in [0.1, 0.15) is 5.75 Å². The van der Waals surface area contributed by atoms with Crippen LogP contribution in [0.1, 0.15) is 18.4 Å². The molecule has 0 atom stereocenters. The number of para-hydroxylation sites is 1. The Bertz CT molecular complexity index is 348. The van der Waals surface area contributed by atoms with Crippen molar-refractivity contribution in [3.8, 4) is 5.75 Å². The average molecular weight is 249 g/mol. The van der Waals surface area contributed by atoms with E-state index in [-0.39, 0.29) is 0 Å². The van der Waals surface area contributed by atoms with Crippen LogP contribution in [0.15, 0.2) is 24.3 Å². The molecule has 0 bridgehead atoms. The van der Waals surface area contributed by atoms with Crippen LogP contribution < -0.4 is 10.1 Å². The topological polar surface area (TPSA) is 30.5 Å². The minimum Gasteiger partial charge on any atom is -0.496 e. The molecule has 0 amide bonds. The van der Waals surface area contributed by atoms with Gasteiger partial charge in [0, 0.05) is 13.2 Å². The van der Waals surface area contributed by atoms with Gasteiger partial charge in [0.15, 0.2) is 0 Å². The molecule has 1 aromatic carbocycles. The van der Waals surface area contributed by atoms with Crippen LogP contribution in [-0.4, -0.2) is 33.4 Å². The van der Waals surface area contributed by atoms with Gasteiger partial charge in [-0.3, -0.25) is 0 Å². The van der Waals surface area contributed by atoms with Gasteiger partial charge in [-0.25, -0.2) is 0 Å². The highest BCUT2D eigenvalue weighted by atomic mass is 16.5. The van der Waals surface area contributed by atoms with Gasteiger partial charge in [-0.05, 0) is 49.9 Å². The number of methoxy groups -OCH3 is 1. The molecule has 1 heterocycles. The Balaban J connectivity index is 1.68. The third-order valence-corrected chi connectivity index (χ3v) is 3.54. The molecule has 0 aromatic heterocycles. The van der Waals surface area contributed by atoms with Crippen LogP contribution in [0.2, 0.25) is 0 Å². The maximum atomic E-state index is 5.36. The van der Waals surface area contributed by atoms with Crippen LogP contribution in [0.3, 0.4) is 0 Å². The zero-order valence-electron chi connectivity index (χ0n) is 11.2. The zero-order chi connectivity index (χ0) is 12.6. The normalized spacial score (nSPS) is 16.7. The van der Waals surface area contributed by atoms with Crippen LogP contribution in [0, 0.1) is 5.92 Å². The molecule has 0 unspecified atom stereocenters. The maximum absolute atomic E-state index is 5.36. The Morgan fingerprint density at radius 3 is 2.83 bits per heavy atom. The van der Waals surface area contributed by atoms with Crippen LogP contribution in [0.5, 0.6) is 5.75 Å². The van der Waals surface area contributed by atoms with E-state index in [1.54, 1.807) is 7.11 Å². The summed E-state index contributed by atoms with van der Waals surface area (Å²) in [5, 5.41) is 3.54. The molecule has 1 fully saturated rings. The van der Waals surface area contributed by atoms with Crippen LogP contribution in [0.4, 0.5) is 0 Å². The van der Waals surface area contributed by atoms with Crippen LogP contribution in [-0.2, 0) is 11.2 Å². The van der Waals surface area contributed by atoms with Gasteiger partial charge in [-0.1, -0.05) is 18.2 Å². The molecule has 1 aliphatic heterocycles. The number of hydrogen-bond donors (Lipinski definition) is 1. The molecule has 0 spiro atoms. The lowest BCUT2D eigenvalue weighted by Crippen LogP contribution is -2.29. The first-order chi connectivity index (χ1) is 8.90. The molecule has 2 rings (SSSR count). The molecular weight excluding hydrogens is 226 g/mol. The predicted octanol–water partition coefficient (Wildman–Crippen LogP) is 2.25.